The van der Waals surface area contributed by atoms with Crippen LogP contribution in [-0.2, 0) is 4.74 Å². The molecule has 0 atom stereocenters. The summed E-state index contributed by atoms with van der Waals surface area (Å²) in [6.07, 6.45) is 0.278. The van der Waals surface area contributed by atoms with Crippen molar-refractivity contribution in [1.82, 2.24) is 0 Å². The van der Waals surface area contributed by atoms with E-state index in [1.165, 1.54) is 0 Å². The minimum absolute atomic E-state index is 0. The van der Waals surface area contributed by atoms with Gasteiger partial charge in [-0.25, -0.2) is 0 Å². The van der Waals surface area contributed by atoms with Crippen LogP contribution in [0.3, 0.4) is 0 Å². The Morgan fingerprint density at radius 3 is 2.56 bits per heavy atom. The zero-order chi connectivity index (χ0) is 6.41. The van der Waals surface area contributed by atoms with Gasteiger partial charge in [0.15, 0.2) is 0 Å². The summed E-state index contributed by atoms with van der Waals surface area (Å²) in [7, 11) is 0. The van der Waals surface area contributed by atoms with E-state index in [0.717, 1.165) is 12.8 Å². The van der Waals surface area contributed by atoms with Gasteiger partial charge in [-0.05, 0) is 6.42 Å². The number of hydrogen-bond acceptors (Lipinski definition) is 3. The number of ether oxygens (including phenoxy) is 1. The molecule has 0 aromatic rings. The van der Waals surface area contributed by atoms with Crippen LogP contribution in [0, 0.1) is 0 Å². The second kappa shape index (κ2) is 8.27. The molecule has 0 N–H and O–H groups in total. The molecule has 0 spiro atoms. The quantitative estimate of drug-likeness (QED) is 0.241. The first-order valence-electron chi connectivity index (χ1n) is 2.61. The van der Waals surface area contributed by atoms with Gasteiger partial charge in [-0.1, -0.05) is 13.3 Å². The number of carbonyl (C=O) groups is 1. The zero-order valence-corrected chi connectivity index (χ0v) is 7.85. The van der Waals surface area contributed by atoms with Gasteiger partial charge in [-0.15, -0.1) is 0 Å². The Morgan fingerprint density at radius 1 is 1.67 bits per heavy atom. The van der Waals surface area contributed by atoms with Crippen molar-refractivity contribution >= 4 is 6.16 Å². The largest absolute Gasteiger partial charge is 1.00 e. The van der Waals surface area contributed by atoms with E-state index < -0.39 is 6.16 Å². The van der Waals surface area contributed by atoms with E-state index in [-0.39, 0.29) is 36.2 Å². The van der Waals surface area contributed by atoms with Crippen molar-refractivity contribution in [2.24, 2.45) is 0 Å². The maximum atomic E-state index is 9.54. The molecular formula is C5H9NaO3. The van der Waals surface area contributed by atoms with Gasteiger partial charge in [0.1, 0.15) is 0 Å². The van der Waals surface area contributed by atoms with E-state index in [9.17, 15) is 9.90 Å². The molecule has 0 unspecified atom stereocenters. The Balaban J connectivity index is 0. The van der Waals surface area contributed by atoms with Crippen molar-refractivity contribution in [3.63, 3.8) is 0 Å². The van der Waals surface area contributed by atoms with E-state index in [1.54, 1.807) is 0 Å². The SMILES string of the molecule is CCCCOC(=O)[O-].[Na+]. The van der Waals surface area contributed by atoms with Crippen LogP contribution in [0.25, 0.3) is 0 Å². The molecule has 0 rings (SSSR count). The average molecular weight is 140 g/mol. The van der Waals surface area contributed by atoms with E-state index in [1.807, 2.05) is 6.92 Å². The molecule has 0 aliphatic carbocycles. The van der Waals surface area contributed by atoms with Crippen LogP contribution in [0.15, 0.2) is 0 Å². The molecule has 0 fully saturated rings. The summed E-state index contributed by atoms with van der Waals surface area (Å²) < 4.78 is 4.09. The van der Waals surface area contributed by atoms with Crippen molar-refractivity contribution in [2.45, 2.75) is 19.8 Å². The number of hydrogen-bond donors (Lipinski definition) is 0. The first-order chi connectivity index (χ1) is 3.77. The van der Waals surface area contributed by atoms with E-state index in [4.69, 9.17) is 0 Å². The summed E-state index contributed by atoms with van der Waals surface area (Å²) in [6, 6.07) is 0. The van der Waals surface area contributed by atoms with Gasteiger partial charge in [0.2, 0.25) is 0 Å². The number of carboxylic acid groups (broad SMARTS) is 1. The Bertz CT molecular complexity index is 74.6. The van der Waals surface area contributed by atoms with Gasteiger partial charge in [0, 0.05) is 6.61 Å². The molecule has 0 aromatic carbocycles. The minimum Gasteiger partial charge on any atom is -0.550 e. The van der Waals surface area contributed by atoms with Crippen LogP contribution in [-0.4, -0.2) is 12.8 Å². The molecule has 0 radical (unpaired) electrons. The van der Waals surface area contributed by atoms with Crippen LogP contribution in [0.1, 0.15) is 19.8 Å². The molecule has 9 heavy (non-hydrogen) atoms. The van der Waals surface area contributed by atoms with E-state index >= 15 is 0 Å². The van der Waals surface area contributed by atoms with Crippen molar-refractivity contribution in [2.75, 3.05) is 6.61 Å². The Morgan fingerprint density at radius 2 is 2.22 bits per heavy atom. The molecule has 0 saturated carbocycles. The zero-order valence-electron chi connectivity index (χ0n) is 5.85. The van der Waals surface area contributed by atoms with E-state index in [2.05, 4.69) is 4.74 Å². The fourth-order valence-electron chi connectivity index (χ4n) is 0.300. The summed E-state index contributed by atoms with van der Waals surface area (Å²) in [4.78, 5) is 9.54. The summed E-state index contributed by atoms with van der Waals surface area (Å²) in [5.74, 6) is 0. The normalized spacial score (nSPS) is 7.67. The summed E-state index contributed by atoms with van der Waals surface area (Å²) in [5.41, 5.74) is 0. The van der Waals surface area contributed by atoms with Gasteiger partial charge in [-0.3, -0.25) is 0 Å². The van der Waals surface area contributed by atoms with Crippen molar-refractivity contribution in [1.29, 1.82) is 0 Å². The minimum atomic E-state index is -1.43. The number of unbranched alkanes of at least 4 members (excludes halogenated alkanes) is 1. The van der Waals surface area contributed by atoms with Crippen LogP contribution in [0.4, 0.5) is 4.79 Å². The molecule has 0 amide bonds. The summed E-state index contributed by atoms with van der Waals surface area (Å²) in [6.45, 7) is 2.22. The predicted molar refractivity (Wildman–Crippen MR) is 26.3 cm³/mol. The van der Waals surface area contributed by atoms with Gasteiger partial charge >= 0.3 is 29.6 Å². The maximum absolute atomic E-state index is 9.54. The first kappa shape index (κ1) is 12.0. The summed E-state index contributed by atoms with van der Waals surface area (Å²) >= 11 is 0. The molecule has 0 heterocycles. The monoisotopic (exact) mass is 140 g/mol. The molecule has 0 bridgehead atoms. The third kappa shape index (κ3) is 11.7. The van der Waals surface area contributed by atoms with Gasteiger partial charge in [0.05, 0.1) is 0 Å². The first-order valence-corrected chi connectivity index (χ1v) is 2.61. The third-order valence-electron chi connectivity index (χ3n) is 0.718. The third-order valence-corrected chi connectivity index (χ3v) is 0.718. The molecule has 0 saturated heterocycles. The van der Waals surface area contributed by atoms with Gasteiger partial charge < -0.3 is 14.6 Å². The standard InChI is InChI=1S/C5H10O3.Na/c1-2-3-4-8-5(6)7;/h2-4H2,1H3,(H,6,7);/q;+1/p-1. The Kier molecular flexibility index (Phi) is 11.0. The Labute approximate surface area is 76.7 Å². The smallest absolute Gasteiger partial charge is 0.550 e. The maximum Gasteiger partial charge on any atom is 1.00 e. The molecule has 4 heteroatoms. The molecule has 0 aliphatic heterocycles. The van der Waals surface area contributed by atoms with Crippen LogP contribution in [0.5, 0.6) is 0 Å². The van der Waals surface area contributed by atoms with Crippen LogP contribution in [0.2, 0.25) is 0 Å². The molecule has 48 valence electrons. The second-order valence-corrected chi connectivity index (χ2v) is 1.45. The fraction of sp³-hybridized carbons (Fsp3) is 0.800. The topological polar surface area (TPSA) is 49.4 Å². The van der Waals surface area contributed by atoms with Crippen molar-refractivity contribution in [3.8, 4) is 0 Å². The van der Waals surface area contributed by atoms with Crippen LogP contribution >= 0.6 is 0 Å². The summed E-state index contributed by atoms with van der Waals surface area (Å²) in [5, 5.41) is 9.54. The predicted octanol–water partition coefficient (Wildman–Crippen LogP) is -2.85. The molecule has 0 aromatic heterocycles. The van der Waals surface area contributed by atoms with Crippen molar-refractivity contribution < 1.29 is 44.2 Å². The van der Waals surface area contributed by atoms with Gasteiger partial charge in [0.25, 0.3) is 6.16 Å². The molecule has 0 aliphatic rings. The number of rotatable bonds is 3. The average Bonchev–Trinajstić information content (AvgIpc) is 1.66. The van der Waals surface area contributed by atoms with Gasteiger partial charge in [-0.2, -0.15) is 0 Å². The number of carbonyl (C=O) groups excluding carboxylic acids is 1. The second-order valence-electron chi connectivity index (χ2n) is 1.45. The molecule has 3 nitrogen and oxygen atoms in total. The molecular weight excluding hydrogens is 131 g/mol. The Hall–Kier alpha value is 0.270. The van der Waals surface area contributed by atoms with E-state index in [0.29, 0.717) is 0 Å². The van der Waals surface area contributed by atoms with Crippen molar-refractivity contribution in [3.05, 3.63) is 0 Å². The van der Waals surface area contributed by atoms with Crippen LogP contribution < -0.4 is 34.7 Å². The fourth-order valence-corrected chi connectivity index (χ4v) is 0.300.